The summed E-state index contributed by atoms with van der Waals surface area (Å²) in [5.74, 6) is -0.262. The van der Waals surface area contributed by atoms with Crippen molar-refractivity contribution in [1.82, 2.24) is 0 Å². The Morgan fingerprint density at radius 2 is 2.11 bits per heavy atom. The van der Waals surface area contributed by atoms with E-state index in [1.807, 2.05) is 19.1 Å². The summed E-state index contributed by atoms with van der Waals surface area (Å²) in [6.45, 7) is 6.64. The number of rotatable bonds is 7. The summed E-state index contributed by atoms with van der Waals surface area (Å²) in [4.78, 5) is 11.8. The molecule has 4 heteroatoms. The summed E-state index contributed by atoms with van der Waals surface area (Å²) >= 11 is 0. The number of hydrogen-bond donors (Lipinski definition) is 1. The van der Waals surface area contributed by atoms with Gasteiger partial charge in [-0.2, -0.15) is 0 Å². The first kappa shape index (κ1) is 15.5. The number of ether oxygens (including phenoxy) is 2. The summed E-state index contributed by atoms with van der Waals surface area (Å²) < 4.78 is 9.95. The van der Waals surface area contributed by atoms with Crippen LogP contribution in [0.2, 0.25) is 0 Å². The maximum atomic E-state index is 11.8. The monoisotopic (exact) mass is 265 g/mol. The Kier molecular flexibility index (Phi) is 6.36. The van der Waals surface area contributed by atoms with E-state index in [0.29, 0.717) is 6.61 Å². The number of hydrogen-bond acceptors (Lipinski definition) is 4. The Morgan fingerprint density at radius 3 is 2.74 bits per heavy atom. The molecule has 0 aliphatic heterocycles. The Hall–Kier alpha value is -1.55. The van der Waals surface area contributed by atoms with E-state index in [1.54, 1.807) is 14.0 Å². The lowest BCUT2D eigenvalue weighted by atomic mass is 10.1. The van der Waals surface area contributed by atoms with E-state index in [4.69, 9.17) is 9.47 Å². The zero-order valence-corrected chi connectivity index (χ0v) is 12.2. The van der Waals surface area contributed by atoms with Crippen molar-refractivity contribution < 1.29 is 14.3 Å². The molecule has 4 nitrogen and oxygen atoms in total. The smallest absolute Gasteiger partial charge is 0.328 e. The zero-order chi connectivity index (χ0) is 14.3. The standard InChI is InChI=1S/C15H23NO3/c1-5-13-8-6-7-11(2)14(13)16-12(3)15(17)19-10-9-18-4/h6-8,12,16H,5,9-10H2,1-4H3. The average molecular weight is 265 g/mol. The summed E-state index contributed by atoms with van der Waals surface area (Å²) in [5, 5.41) is 3.24. The molecule has 1 N–H and O–H groups in total. The first-order valence-electron chi connectivity index (χ1n) is 6.60. The van der Waals surface area contributed by atoms with Crippen LogP contribution in [0.4, 0.5) is 5.69 Å². The molecule has 0 heterocycles. The van der Waals surface area contributed by atoms with E-state index in [0.717, 1.165) is 17.7 Å². The van der Waals surface area contributed by atoms with Gasteiger partial charge in [-0.15, -0.1) is 0 Å². The molecule has 106 valence electrons. The molecule has 1 aromatic carbocycles. The van der Waals surface area contributed by atoms with Crippen molar-refractivity contribution in [2.45, 2.75) is 33.2 Å². The molecule has 0 aromatic heterocycles. The summed E-state index contributed by atoms with van der Waals surface area (Å²) in [5.41, 5.74) is 3.37. The minimum atomic E-state index is -0.372. The van der Waals surface area contributed by atoms with Crippen LogP contribution < -0.4 is 5.32 Å². The molecule has 0 amide bonds. The lowest BCUT2D eigenvalue weighted by Gasteiger charge is -2.18. The summed E-state index contributed by atoms with van der Waals surface area (Å²) in [7, 11) is 1.58. The molecular weight excluding hydrogens is 242 g/mol. The summed E-state index contributed by atoms with van der Waals surface area (Å²) in [6.07, 6.45) is 0.926. The highest BCUT2D eigenvalue weighted by molar-refractivity contribution is 5.79. The van der Waals surface area contributed by atoms with Gasteiger partial charge < -0.3 is 14.8 Å². The second kappa shape index (κ2) is 7.79. The van der Waals surface area contributed by atoms with Crippen LogP contribution in [0.3, 0.4) is 0 Å². The highest BCUT2D eigenvalue weighted by Gasteiger charge is 2.16. The second-order valence-corrected chi connectivity index (χ2v) is 4.49. The number of benzene rings is 1. The van der Waals surface area contributed by atoms with Crippen LogP contribution in [-0.2, 0) is 20.7 Å². The third kappa shape index (κ3) is 4.56. The minimum Gasteiger partial charge on any atom is -0.462 e. The fraction of sp³-hybridized carbons (Fsp3) is 0.533. The predicted octanol–water partition coefficient (Wildman–Crippen LogP) is 2.55. The fourth-order valence-corrected chi connectivity index (χ4v) is 1.86. The molecule has 1 atom stereocenters. The van der Waals surface area contributed by atoms with Gasteiger partial charge in [-0.1, -0.05) is 25.1 Å². The minimum absolute atomic E-state index is 0.262. The van der Waals surface area contributed by atoms with Crippen molar-refractivity contribution in [2.75, 3.05) is 25.6 Å². The molecule has 19 heavy (non-hydrogen) atoms. The molecule has 1 rings (SSSR count). The van der Waals surface area contributed by atoms with Crippen molar-refractivity contribution >= 4 is 11.7 Å². The lowest BCUT2D eigenvalue weighted by molar-refractivity contribution is -0.145. The molecular formula is C15H23NO3. The van der Waals surface area contributed by atoms with Crippen molar-refractivity contribution in [1.29, 1.82) is 0 Å². The number of nitrogens with one attached hydrogen (secondary N) is 1. The topological polar surface area (TPSA) is 47.6 Å². The number of para-hydroxylation sites is 1. The van der Waals surface area contributed by atoms with Gasteiger partial charge >= 0.3 is 5.97 Å². The van der Waals surface area contributed by atoms with Crippen molar-refractivity contribution in [3.8, 4) is 0 Å². The first-order chi connectivity index (χ1) is 9.10. The Morgan fingerprint density at radius 1 is 1.37 bits per heavy atom. The fourth-order valence-electron chi connectivity index (χ4n) is 1.86. The third-order valence-corrected chi connectivity index (χ3v) is 2.99. The van der Waals surface area contributed by atoms with Crippen molar-refractivity contribution in [3.63, 3.8) is 0 Å². The molecule has 0 aliphatic carbocycles. The van der Waals surface area contributed by atoms with E-state index in [1.165, 1.54) is 5.56 Å². The van der Waals surface area contributed by atoms with Gasteiger partial charge in [0.1, 0.15) is 12.6 Å². The van der Waals surface area contributed by atoms with Crippen LogP contribution in [-0.4, -0.2) is 32.3 Å². The van der Waals surface area contributed by atoms with E-state index >= 15 is 0 Å². The highest BCUT2D eigenvalue weighted by Crippen LogP contribution is 2.22. The first-order valence-corrected chi connectivity index (χ1v) is 6.60. The Labute approximate surface area is 115 Å². The maximum Gasteiger partial charge on any atom is 0.328 e. The quantitative estimate of drug-likeness (QED) is 0.608. The lowest BCUT2D eigenvalue weighted by Crippen LogP contribution is -2.29. The molecule has 0 fully saturated rings. The number of aryl methyl sites for hydroxylation is 2. The van der Waals surface area contributed by atoms with Crippen molar-refractivity contribution in [2.24, 2.45) is 0 Å². The van der Waals surface area contributed by atoms with Gasteiger partial charge in [0, 0.05) is 12.8 Å². The van der Waals surface area contributed by atoms with Gasteiger partial charge in [-0.25, -0.2) is 4.79 Å². The average Bonchev–Trinajstić information content (AvgIpc) is 2.41. The molecule has 1 unspecified atom stereocenters. The van der Waals surface area contributed by atoms with Gasteiger partial charge in [-0.05, 0) is 31.4 Å². The number of anilines is 1. The number of esters is 1. The van der Waals surface area contributed by atoms with Crippen LogP contribution in [0.25, 0.3) is 0 Å². The van der Waals surface area contributed by atoms with E-state index in [2.05, 4.69) is 18.3 Å². The van der Waals surface area contributed by atoms with Crippen LogP contribution in [0.15, 0.2) is 18.2 Å². The molecule has 0 bridgehead atoms. The molecule has 1 aromatic rings. The molecule has 0 radical (unpaired) electrons. The molecule has 0 aliphatic rings. The summed E-state index contributed by atoms with van der Waals surface area (Å²) in [6, 6.07) is 5.76. The number of methoxy groups -OCH3 is 1. The van der Waals surface area contributed by atoms with Gasteiger partial charge in [-0.3, -0.25) is 0 Å². The van der Waals surface area contributed by atoms with Gasteiger partial charge in [0.05, 0.1) is 6.61 Å². The predicted molar refractivity (Wildman–Crippen MR) is 76.5 cm³/mol. The van der Waals surface area contributed by atoms with Gasteiger partial charge in [0.2, 0.25) is 0 Å². The van der Waals surface area contributed by atoms with E-state index in [9.17, 15) is 4.79 Å². The molecule has 0 spiro atoms. The molecule has 0 saturated carbocycles. The van der Waals surface area contributed by atoms with Crippen LogP contribution >= 0.6 is 0 Å². The third-order valence-electron chi connectivity index (χ3n) is 2.99. The largest absolute Gasteiger partial charge is 0.462 e. The Bertz CT molecular complexity index is 418. The SMILES string of the molecule is CCc1cccc(C)c1NC(C)C(=O)OCCOC. The molecule has 0 saturated heterocycles. The van der Waals surface area contributed by atoms with Gasteiger partial charge in [0.25, 0.3) is 0 Å². The van der Waals surface area contributed by atoms with Crippen molar-refractivity contribution in [3.05, 3.63) is 29.3 Å². The number of carbonyl (C=O) groups is 1. The normalized spacial score (nSPS) is 12.0. The van der Waals surface area contributed by atoms with E-state index < -0.39 is 0 Å². The second-order valence-electron chi connectivity index (χ2n) is 4.49. The van der Waals surface area contributed by atoms with Crippen LogP contribution in [0.5, 0.6) is 0 Å². The number of carbonyl (C=O) groups excluding carboxylic acids is 1. The maximum absolute atomic E-state index is 11.8. The highest BCUT2D eigenvalue weighted by atomic mass is 16.6. The van der Waals surface area contributed by atoms with E-state index in [-0.39, 0.29) is 18.6 Å². The van der Waals surface area contributed by atoms with Gasteiger partial charge in [0.15, 0.2) is 0 Å². The Balaban J connectivity index is 2.66. The van der Waals surface area contributed by atoms with Crippen LogP contribution in [0, 0.1) is 6.92 Å². The zero-order valence-electron chi connectivity index (χ0n) is 12.2. The van der Waals surface area contributed by atoms with Crippen LogP contribution in [0.1, 0.15) is 25.0 Å².